The third-order valence-corrected chi connectivity index (χ3v) is 5.41. The lowest BCUT2D eigenvalue weighted by Gasteiger charge is -2.34. The highest BCUT2D eigenvalue weighted by atomic mass is 16.5. The van der Waals surface area contributed by atoms with E-state index in [0.29, 0.717) is 0 Å². The number of hydrogen-bond acceptors (Lipinski definition) is 3. The van der Waals surface area contributed by atoms with E-state index in [1.165, 1.54) is 6.92 Å². The van der Waals surface area contributed by atoms with Crippen LogP contribution >= 0.6 is 0 Å². The minimum absolute atomic E-state index is 0.00956. The summed E-state index contributed by atoms with van der Waals surface area (Å²) in [5, 5.41) is 0. The van der Waals surface area contributed by atoms with Gasteiger partial charge in [-0.25, -0.2) is 0 Å². The zero-order valence-corrected chi connectivity index (χ0v) is 16.8. The summed E-state index contributed by atoms with van der Waals surface area (Å²) < 4.78 is 5.20. The summed E-state index contributed by atoms with van der Waals surface area (Å²) in [5.41, 5.74) is 3.08. The molecule has 0 aromatic heterocycles. The fourth-order valence-corrected chi connectivity index (χ4v) is 3.54. The van der Waals surface area contributed by atoms with Crippen LogP contribution < -0.4 is 4.74 Å². The molecule has 0 bridgehead atoms. The van der Waals surface area contributed by atoms with Crippen LogP contribution in [0.1, 0.15) is 49.0 Å². The lowest BCUT2D eigenvalue weighted by atomic mass is 9.93. The Labute approximate surface area is 166 Å². The molecule has 5 heteroatoms. The van der Waals surface area contributed by atoms with Gasteiger partial charge >= 0.3 is 0 Å². The highest BCUT2D eigenvalue weighted by molar-refractivity contribution is 5.82. The predicted molar refractivity (Wildman–Crippen MR) is 110 cm³/mol. The van der Waals surface area contributed by atoms with Crippen molar-refractivity contribution in [1.82, 2.24) is 9.80 Å². The lowest BCUT2D eigenvalue weighted by molar-refractivity contribution is -0.135. The van der Waals surface area contributed by atoms with Gasteiger partial charge in [0.25, 0.3) is 0 Å². The molecule has 0 radical (unpaired) electrons. The minimum atomic E-state index is -0.295. The van der Waals surface area contributed by atoms with Crippen molar-refractivity contribution in [1.29, 1.82) is 0 Å². The molecular weight excluding hydrogens is 352 g/mol. The van der Waals surface area contributed by atoms with E-state index in [4.69, 9.17) is 4.74 Å². The highest BCUT2D eigenvalue weighted by Gasteiger charge is 2.30. The van der Waals surface area contributed by atoms with Gasteiger partial charge in [0, 0.05) is 20.2 Å². The first-order chi connectivity index (χ1) is 13.4. The van der Waals surface area contributed by atoms with Gasteiger partial charge in [-0.3, -0.25) is 9.59 Å². The molecule has 2 aromatic carbocycles. The molecule has 2 atom stereocenters. The maximum Gasteiger partial charge on any atom is 0.225 e. The molecule has 0 saturated carbocycles. The van der Waals surface area contributed by atoms with E-state index in [-0.39, 0.29) is 30.3 Å². The van der Waals surface area contributed by atoms with Gasteiger partial charge in [-0.05, 0) is 41.8 Å². The lowest BCUT2D eigenvalue weighted by Crippen LogP contribution is -2.36. The van der Waals surface area contributed by atoms with Gasteiger partial charge in [0.15, 0.2) is 0 Å². The van der Waals surface area contributed by atoms with Gasteiger partial charge in [0.05, 0.1) is 25.6 Å². The number of fused-ring (bicyclic) bond motifs is 1. The molecular formula is C23H26N2O3. The van der Waals surface area contributed by atoms with Crippen LogP contribution in [-0.2, 0) is 9.59 Å². The zero-order chi connectivity index (χ0) is 20.3. The Morgan fingerprint density at radius 3 is 2.46 bits per heavy atom. The number of carbonyl (C=O) groups is 2. The Hall–Kier alpha value is -3.08. The van der Waals surface area contributed by atoms with Crippen LogP contribution in [0.4, 0.5) is 0 Å². The topological polar surface area (TPSA) is 49.9 Å². The number of amides is 2. The van der Waals surface area contributed by atoms with Gasteiger partial charge in [-0.2, -0.15) is 0 Å². The van der Waals surface area contributed by atoms with Gasteiger partial charge < -0.3 is 14.5 Å². The van der Waals surface area contributed by atoms with Gasteiger partial charge in [0.1, 0.15) is 5.75 Å². The molecule has 0 fully saturated rings. The van der Waals surface area contributed by atoms with Crippen molar-refractivity contribution in [3.8, 4) is 5.75 Å². The van der Waals surface area contributed by atoms with Gasteiger partial charge in [-0.1, -0.05) is 36.4 Å². The second-order valence-electron chi connectivity index (χ2n) is 7.04. The normalized spacial score (nSPS) is 16.3. The van der Waals surface area contributed by atoms with E-state index in [2.05, 4.69) is 0 Å². The van der Waals surface area contributed by atoms with Crippen LogP contribution in [0.3, 0.4) is 0 Å². The number of carbonyl (C=O) groups excluding carboxylic acids is 2. The van der Waals surface area contributed by atoms with Gasteiger partial charge in [0.2, 0.25) is 11.8 Å². The third kappa shape index (κ3) is 3.93. The summed E-state index contributed by atoms with van der Waals surface area (Å²) in [5.74, 6) is 0.701. The Bertz CT molecular complexity index is 889. The molecule has 2 unspecified atom stereocenters. The molecule has 146 valence electrons. The Kier molecular flexibility index (Phi) is 5.83. The summed E-state index contributed by atoms with van der Waals surface area (Å²) in [6.07, 6.45) is 3.93. The second kappa shape index (κ2) is 8.30. The largest absolute Gasteiger partial charge is 0.497 e. The van der Waals surface area contributed by atoms with E-state index < -0.39 is 0 Å². The van der Waals surface area contributed by atoms with Crippen LogP contribution in [0.2, 0.25) is 0 Å². The Balaban J connectivity index is 1.79. The molecule has 1 aliphatic rings. The quantitative estimate of drug-likeness (QED) is 0.784. The number of methoxy groups -OCH3 is 1. The van der Waals surface area contributed by atoms with E-state index in [1.807, 2.05) is 61.5 Å². The molecule has 0 aliphatic carbocycles. The van der Waals surface area contributed by atoms with Crippen LogP contribution in [0, 0.1) is 0 Å². The van der Waals surface area contributed by atoms with Crippen molar-refractivity contribution in [3.63, 3.8) is 0 Å². The zero-order valence-electron chi connectivity index (χ0n) is 16.8. The monoisotopic (exact) mass is 378 g/mol. The van der Waals surface area contributed by atoms with Crippen LogP contribution in [0.5, 0.6) is 5.75 Å². The Morgan fingerprint density at radius 2 is 1.82 bits per heavy atom. The number of hydrogen-bond donors (Lipinski definition) is 0. The summed E-state index contributed by atoms with van der Waals surface area (Å²) >= 11 is 0. The number of ether oxygens (including phenoxy) is 1. The Morgan fingerprint density at radius 1 is 1.14 bits per heavy atom. The van der Waals surface area contributed by atoms with Crippen molar-refractivity contribution in [2.24, 2.45) is 0 Å². The van der Waals surface area contributed by atoms with Crippen molar-refractivity contribution >= 4 is 17.9 Å². The van der Waals surface area contributed by atoms with Crippen molar-refractivity contribution in [2.75, 3.05) is 14.2 Å². The molecule has 1 heterocycles. The SMILES string of the molecule is COc1ccc(C(C)N(C)C(=O)CC2c3ccccc3C=CN2C(C)=O)cc1. The van der Waals surface area contributed by atoms with Crippen LogP contribution in [0.15, 0.2) is 54.7 Å². The van der Waals surface area contributed by atoms with Crippen molar-refractivity contribution < 1.29 is 14.3 Å². The molecule has 2 aromatic rings. The van der Waals surface area contributed by atoms with E-state index in [0.717, 1.165) is 22.4 Å². The first-order valence-corrected chi connectivity index (χ1v) is 9.38. The van der Waals surface area contributed by atoms with Crippen LogP contribution in [-0.4, -0.2) is 35.8 Å². The third-order valence-electron chi connectivity index (χ3n) is 5.41. The first kappa shape index (κ1) is 19.7. The summed E-state index contributed by atoms with van der Waals surface area (Å²) in [4.78, 5) is 28.6. The first-order valence-electron chi connectivity index (χ1n) is 9.38. The maximum atomic E-state index is 13.1. The number of nitrogens with zero attached hydrogens (tertiary/aromatic N) is 2. The number of benzene rings is 2. The molecule has 0 N–H and O–H groups in total. The smallest absolute Gasteiger partial charge is 0.225 e. The second-order valence-corrected chi connectivity index (χ2v) is 7.04. The van der Waals surface area contributed by atoms with Crippen molar-refractivity contribution in [3.05, 3.63) is 71.4 Å². The highest BCUT2D eigenvalue weighted by Crippen LogP contribution is 2.34. The summed E-state index contributed by atoms with van der Waals surface area (Å²) in [6, 6.07) is 15.2. The van der Waals surface area contributed by atoms with E-state index in [1.54, 1.807) is 30.2 Å². The summed E-state index contributed by atoms with van der Waals surface area (Å²) in [7, 11) is 3.44. The average molecular weight is 378 g/mol. The van der Waals surface area contributed by atoms with E-state index >= 15 is 0 Å². The average Bonchev–Trinajstić information content (AvgIpc) is 2.72. The molecule has 0 spiro atoms. The molecule has 0 saturated heterocycles. The van der Waals surface area contributed by atoms with Gasteiger partial charge in [-0.15, -0.1) is 0 Å². The molecule has 3 rings (SSSR count). The standard InChI is InChI=1S/C23H26N2O3/c1-16(18-9-11-20(28-4)12-10-18)24(3)23(27)15-22-21-8-6-5-7-19(21)13-14-25(22)17(2)26/h5-14,16,22H,15H2,1-4H3. The molecule has 5 nitrogen and oxygen atoms in total. The number of rotatable bonds is 5. The molecule has 28 heavy (non-hydrogen) atoms. The van der Waals surface area contributed by atoms with Crippen molar-refractivity contribution in [2.45, 2.75) is 32.4 Å². The minimum Gasteiger partial charge on any atom is -0.497 e. The molecule has 1 aliphatic heterocycles. The van der Waals surface area contributed by atoms with Crippen LogP contribution in [0.25, 0.3) is 6.08 Å². The fourth-order valence-electron chi connectivity index (χ4n) is 3.54. The summed E-state index contributed by atoms with van der Waals surface area (Å²) in [6.45, 7) is 3.52. The van der Waals surface area contributed by atoms with E-state index in [9.17, 15) is 9.59 Å². The predicted octanol–water partition coefficient (Wildman–Crippen LogP) is 4.18. The molecule has 2 amide bonds. The fraction of sp³-hybridized carbons (Fsp3) is 0.304. The maximum absolute atomic E-state index is 13.1.